The van der Waals surface area contributed by atoms with E-state index in [0.717, 1.165) is 30.8 Å². The van der Waals surface area contributed by atoms with Crippen LogP contribution in [0.3, 0.4) is 0 Å². The van der Waals surface area contributed by atoms with Crippen LogP contribution in [0.5, 0.6) is 0 Å². The van der Waals surface area contributed by atoms with Crippen LogP contribution in [0, 0.1) is 12.7 Å². The van der Waals surface area contributed by atoms with Gasteiger partial charge in [0.25, 0.3) is 5.91 Å². The lowest BCUT2D eigenvalue weighted by Crippen LogP contribution is -2.39. The number of furan rings is 1. The first-order chi connectivity index (χ1) is 13.8. The van der Waals surface area contributed by atoms with Crippen molar-refractivity contribution in [3.8, 4) is 0 Å². The topological polar surface area (TPSA) is 54.5 Å². The molecule has 6 nitrogen and oxygen atoms in total. The van der Waals surface area contributed by atoms with E-state index in [-0.39, 0.29) is 23.2 Å². The molecule has 1 atom stereocenters. The molecule has 0 saturated carbocycles. The van der Waals surface area contributed by atoms with Gasteiger partial charge in [-0.25, -0.2) is 4.39 Å². The monoisotopic (exact) mass is 398 g/mol. The molecule has 0 radical (unpaired) electrons. The molecule has 1 aliphatic rings. The summed E-state index contributed by atoms with van der Waals surface area (Å²) in [5.41, 5.74) is 3.02. The number of nitrogens with zero attached hydrogens (tertiary/aromatic N) is 4. The van der Waals surface area contributed by atoms with Crippen LogP contribution in [0.1, 0.15) is 46.3 Å². The molecule has 0 aliphatic carbocycles. The Bertz CT molecular complexity index is 1050. The number of aryl methyl sites for hydroxylation is 2. The van der Waals surface area contributed by atoms with Gasteiger partial charge < -0.3 is 14.2 Å². The second-order valence-electron chi connectivity index (χ2n) is 8.18. The second-order valence-corrected chi connectivity index (χ2v) is 8.18. The summed E-state index contributed by atoms with van der Waals surface area (Å²) < 4.78 is 21.6. The predicted octanol–water partition coefficient (Wildman–Crippen LogP) is 3.70. The first-order valence-electron chi connectivity index (χ1n) is 9.99. The molecule has 7 heteroatoms. The summed E-state index contributed by atoms with van der Waals surface area (Å²) in [5.74, 6) is -0.188. The Morgan fingerprint density at radius 3 is 2.90 bits per heavy atom. The molecule has 0 bridgehead atoms. The van der Waals surface area contributed by atoms with Crippen molar-refractivity contribution < 1.29 is 13.6 Å². The average molecular weight is 398 g/mol. The number of carbonyl (C=O) groups is 1. The third-order valence-electron chi connectivity index (χ3n) is 5.71. The van der Waals surface area contributed by atoms with Gasteiger partial charge in [-0.05, 0) is 46.0 Å². The Morgan fingerprint density at radius 2 is 2.17 bits per heavy atom. The SMILES string of the molecule is Cc1c(C(=O)N2CCCC(c3cc(CN(C)C)n(C)n3)C2)oc2c(F)cccc12. The molecule has 29 heavy (non-hydrogen) atoms. The van der Waals surface area contributed by atoms with Gasteiger partial charge in [0, 0.05) is 43.5 Å². The number of aromatic nitrogens is 2. The highest BCUT2D eigenvalue weighted by Gasteiger charge is 2.30. The third-order valence-corrected chi connectivity index (χ3v) is 5.71. The van der Waals surface area contributed by atoms with Gasteiger partial charge in [-0.15, -0.1) is 0 Å². The zero-order valence-corrected chi connectivity index (χ0v) is 17.4. The number of hydrogen-bond donors (Lipinski definition) is 0. The number of amides is 1. The molecule has 1 aromatic carbocycles. The van der Waals surface area contributed by atoms with Gasteiger partial charge in [0.05, 0.1) is 11.4 Å². The molecule has 1 amide bonds. The largest absolute Gasteiger partial charge is 0.448 e. The minimum absolute atomic E-state index is 0.153. The summed E-state index contributed by atoms with van der Waals surface area (Å²) in [6.45, 7) is 3.90. The number of rotatable bonds is 4. The van der Waals surface area contributed by atoms with Crippen molar-refractivity contribution in [2.45, 2.75) is 32.2 Å². The van der Waals surface area contributed by atoms with E-state index in [4.69, 9.17) is 9.52 Å². The van der Waals surface area contributed by atoms with Gasteiger partial charge in [-0.2, -0.15) is 5.10 Å². The average Bonchev–Trinajstić information content (AvgIpc) is 3.22. The number of fused-ring (bicyclic) bond motifs is 1. The highest BCUT2D eigenvalue weighted by Crippen LogP contribution is 2.31. The maximum Gasteiger partial charge on any atom is 0.289 e. The fourth-order valence-electron chi connectivity index (χ4n) is 4.16. The van der Waals surface area contributed by atoms with Crippen molar-refractivity contribution >= 4 is 16.9 Å². The van der Waals surface area contributed by atoms with E-state index < -0.39 is 5.82 Å². The van der Waals surface area contributed by atoms with E-state index in [1.54, 1.807) is 12.1 Å². The van der Waals surface area contributed by atoms with Crippen LogP contribution in [-0.2, 0) is 13.6 Å². The van der Waals surface area contributed by atoms with Gasteiger partial charge >= 0.3 is 0 Å². The maximum absolute atomic E-state index is 14.1. The lowest BCUT2D eigenvalue weighted by Gasteiger charge is -2.31. The molecule has 0 spiro atoms. The molecule has 2 aromatic heterocycles. The zero-order chi connectivity index (χ0) is 20.7. The Morgan fingerprint density at radius 1 is 1.38 bits per heavy atom. The van der Waals surface area contributed by atoms with Crippen molar-refractivity contribution in [2.24, 2.45) is 7.05 Å². The van der Waals surface area contributed by atoms with Gasteiger partial charge in [-0.1, -0.05) is 12.1 Å². The van der Waals surface area contributed by atoms with Gasteiger partial charge in [0.15, 0.2) is 17.2 Å². The number of likely N-dealkylation sites (tertiary alicyclic amines) is 1. The van der Waals surface area contributed by atoms with Crippen LogP contribution >= 0.6 is 0 Å². The predicted molar refractivity (Wildman–Crippen MR) is 109 cm³/mol. The normalized spacial score (nSPS) is 17.4. The fraction of sp³-hybridized carbons (Fsp3) is 0.455. The van der Waals surface area contributed by atoms with Crippen molar-refractivity contribution in [2.75, 3.05) is 27.2 Å². The van der Waals surface area contributed by atoms with Gasteiger partial charge in [-0.3, -0.25) is 9.48 Å². The number of hydrogen-bond acceptors (Lipinski definition) is 4. The Hall–Kier alpha value is -2.67. The number of carbonyl (C=O) groups excluding carboxylic acids is 1. The minimum atomic E-state index is -0.442. The quantitative estimate of drug-likeness (QED) is 0.673. The summed E-state index contributed by atoms with van der Waals surface area (Å²) in [6.07, 6.45) is 1.90. The van der Waals surface area contributed by atoms with Crippen molar-refractivity contribution in [1.29, 1.82) is 0 Å². The van der Waals surface area contributed by atoms with Crippen LogP contribution in [0.25, 0.3) is 11.0 Å². The summed E-state index contributed by atoms with van der Waals surface area (Å²) in [5, 5.41) is 5.35. The summed E-state index contributed by atoms with van der Waals surface area (Å²) >= 11 is 0. The van der Waals surface area contributed by atoms with E-state index in [9.17, 15) is 9.18 Å². The highest BCUT2D eigenvalue weighted by molar-refractivity contribution is 5.99. The maximum atomic E-state index is 14.1. The zero-order valence-electron chi connectivity index (χ0n) is 17.4. The smallest absolute Gasteiger partial charge is 0.289 e. The standard InChI is InChI=1S/C22H27FN4O2/c1-14-17-8-5-9-18(23)21(17)29-20(14)22(28)27-10-6-7-15(12-27)19-11-16(13-25(2)3)26(4)24-19/h5,8-9,11,15H,6-7,10,12-13H2,1-4H3. The van der Waals surface area contributed by atoms with Crippen LogP contribution in [-0.4, -0.2) is 52.7 Å². The molecule has 0 N–H and O–H groups in total. The summed E-state index contributed by atoms with van der Waals surface area (Å²) in [4.78, 5) is 17.1. The number of piperidine rings is 1. The van der Waals surface area contributed by atoms with Gasteiger partial charge in [0.1, 0.15) is 0 Å². The second kappa shape index (κ2) is 7.63. The molecule has 1 saturated heterocycles. The molecule has 1 unspecified atom stereocenters. The molecule has 3 aromatic rings. The molecule has 1 aliphatic heterocycles. The Kier molecular flexibility index (Phi) is 5.17. The van der Waals surface area contributed by atoms with E-state index in [1.807, 2.05) is 37.6 Å². The Labute approximate surface area is 169 Å². The number of halogens is 1. The van der Waals surface area contributed by atoms with Crippen LogP contribution in [0.2, 0.25) is 0 Å². The van der Waals surface area contributed by atoms with Crippen LogP contribution in [0.4, 0.5) is 4.39 Å². The minimum Gasteiger partial charge on any atom is -0.448 e. The molecule has 4 rings (SSSR count). The Balaban J connectivity index is 1.57. The lowest BCUT2D eigenvalue weighted by molar-refractivity contribution is 0.0674. The van der Waals surface area contributed by atoms with E-state index in [1.165, 1.54) is 6.07 Å². The van der Waals surface area contributed by atoms with Crippen molar-refractivity contribution in [3.05, 3.63) is 52.8 Å². The third kappa shape index (κ3) is 3.67. The molecule has 154 valence electrons. The molecule has 3 heterocycles. The summed E-state index contributed by atoms with van der Waals surface area (Å²) in [6, 6.07) is 6.91. The van der Waals surface area contributed by atoms with E-state index in [2.05, 4.69) is 11.0 Å². The van der Waals surface area contributed by atoms with E-state index in [0.29, 0.717) is 24.0 Å². The van der Waals surface area contributed by atoms with Crippen molar-refractivity contribution in [3.63, 3.8) is 0 Å². The first-order valence-corrected chi connectivity index (χ1v) is 9.99. The first kappa shape index (κ1) is 19.6. The number of benzene rings is 1. The highest BCUT2D eigenvalue weighted by atomic mass is 19.1. The van der Waals surface area contributed by atoms with E-state index >= 15 is 0 Å². The van der Waals surface area contributed by atoms with Crippen LogP contribution in [0.15, 0.2) is 28.7 Å². The molecule has 1 fully saturated rings. The molecular formula is C22H27FN4O2. The lowest BCUT2D eigenvalue weighted by atomic mass is 9.94. The fourth-order valence-corrected chi connectivity index (χ4v) is 4.16. The van der Waals surface area contributed by atoms with Crippen molar-refractivity contribution in [1.82, 2.24) is 19.6 Å². The summed E-state index contributed by atoms with van der Waals surface area (Å²) in [7, 11) is 6.03. The molecular weight excluding hydrogens is 371 g/mol. The number of para-hydroxylation sites is 1. The van der Waals surface area contributed by atoms with Crippen LogP contribution < -0.4 is 0 Å². The van der Waals surface area contributed by atoms with Gasteiger partial charge in [0.2, 0.25) is 0 Å².